The van der Waals surface area contributed by atoms with Crippen LogP contribution in [0.1, 0.15) is 0 Å². The van der Waals surface area contributed by atoms with Gasteiger partial charge in [0.1, 0.15) is 31.7 Å². The topological polar surface area (TPSA) is 159 Å². The Hall–Kier alpha value is -3.38. The van der Waals surface area contributed by atoms with E-state index in [9.17, 15) is 31.0 Å². The summed E-state index contributed by atoms with van der Waals surface area (Å²) in [5.41, 5.74) is 0.273. The summed E-state index contributed by atoms with van der Waals surface area (Å²) in [6.07, 6.45) is 0. The number of aromatic hydroxyl groups is 1. The van der Waals surface area contributed by atoms with E-state index >= 15 is 0 Å². The molecular formula is C20H12N2O7S2-2. The quantitative estimate of drug-likeness (QED) is 0.360. The zero-order valence-electron chi connectivity index (χ0n) is 15.5. The smallest absolute Gasteiger partial charge is 0.143 e. The molecule has 1 N–H and O–H groups in total. The molecule has 0 saturated heterocycles. The Morgan fingerprint density at radius 1 is 0.710 bits per heavy atom. The highest BCUT2D eigenvalue weighted by atomic mass is 32.2. The predicted molar refractivity (Wildman–Crippen MR) is 110 cm³/mol. The number of phenols is 1. The van der Waals surface area contributed by atoms with Crippen LogP contribution in [0.15, 0.2) is 86.7 Å². The summed E-state index contributed by atoms with van der Waals surface area (Å²) in [5.74, 6) is -0.239. The van der Waals surface area contributed by atoms with Gasteiger partial charge >= 0.3 is 0 Å². The maximum absolute atomic E-state index is 11.5. The first-order valence-corrected chi connectivity index (χ1v) is 11.5. The molecule has 0 bridgehead atoms. The minimum Gasteiger partial charge on any atom is -0.744 e. The van der Waals surface area contributed by atoms with Gasteiger partial charge in [0.25, 0.3) is 0 Å². The molecule has 0 aliphatic heterocycles. The van der Waals surface area contributed by atoms with Crippen molar-refractivity contribution in [3.8, 4) is 5.75 Å². The summed E-state index contributed by atoms with van der Waals surface area (Å²) in [6.45, 7) is 0. The average Bonchev–Trinajstić information content (AvgIpc) is 2.71. The SMILES string of the molecule is O=S(=O)([O-])c1ccc2c(N=Nc3ccc(S(=O)(=O)[O-])c4ccccc34)c(O)ccc2c1. The van der Waals surface area contributed by atoms with E-state index in [0.717, 1.165) is 12.1 Å². The van der Waals surface area contributed by atoms with Crippen LogP contribution in [0.25, 0.3) is 21.5 Å². The largest absolute Gasteiger partial charge is 0.744 e. The molecule has 4 rings (SSSR count). The standard InChI is InChI=1S/C20H14N2O7S2/c23-18-9-5-12-11-13(30(24,25)26)6-7-14(12)20(18)22-21-17-8-10-19(31(27,28)29)16-4-2-1-3-15(16)17/h1-11,23H,(H,24,25,26)(H,27,28,29)/p-2. The molecule has 0 spiro atoms. The molecule has 0 radical (unpaired) electrons. The second kappa shape index (κ2) is 7.39. The van der Waals surface area contributed by atoms with E-state index in [0.29, 0.717) is 16.2 Å². The van der Waals surface area contributed by atoms with E-state index in [4.69, 9.17) is 0 Å². The third-order valence-electron chi connectivity index (χ3n) is 4.62. The van der Waals surface area contributed by atoms with Crippen molar-refractivity contribution in [1.82, 2.24) is 0 Å². The molecular weight excluding hydrogens is 444 g/mol. The maximum Gasteiger partial charge on any atom is 0.143 e. The molecule has 158 valence electrons. The van der Waals surface area contributed by atoms with Crippen LogP contribution in [-0.2, 0) is 20.2 Å². The molecule has 0 unspecified atom stereocenters. The lowest BCUT2D eigenvalue weighted by atomic mass is 10.1. The molecule has 4 aromatic rings. The number of fused-ring (bicyclic) bond motifs is 2. The third kappa shape index (κ3) is 3.99. The minimum absolute atomic E-state index is 0.0250. The summed E-state index contributed by atoms with van der Waals surface area (Å²) in [7, 11) is -9.36. The van der Waals surface area contributed by atoms with Crippen molar-refractivity contribution in [3.63, 3.8) is 0 Å². The first-order chi connectivity index (χ1) is 14.6. The highest BCUT2D eigenvalue weighted by Crippen LogP contribution is 2.38. The lowest BCUT2D eigenvalue weighted by Crippen LogP contribution is -1.99. The normalized spacial score (nSPS) is 12.7. The van der Waals surface area contributed by atoms with E-state index in [2.05, 4.69) is 10.2 Å². The number of nitrogens with zero attached hydrogens (tertiary/aromatic N) is 2. The van der Waals surface area contributed by atoms with Crippen molar-refractivity contribution in [1.29, 1.82) is 0 Å². The molecule has 0 amide bonds. The first-order valence-electron chi connectivity index (χ1n) is 8.67. The molecule has 31 heavy (non-hydrogen) atoms. The van der Waals surface area contributed by atoms with Crippen LogP contribution in [0.2, 0.25) is 0 Å². The Morgan fingerprint density at radius 2 is 1.42 bits per heavy atom. The highest BCUT2D eigenvalue weighted by Gasteiger charge is 2.12. The van der Waals surface area contributed by atoms with Gasteiger partial charge in [0.05, 0.1) is 15.5 Å². The molecule has 9 nitrogen and oxygen atoms in total. The van der Waals surface area contributed by atoms with Gasteiger partial charge in [-0.15, -0.1) is 10.2 Å². The van der Waals surface area contributed by atoms with Gasteiger partial charge in [0, 0.05) is 16.2 Å². The zero-order chi connectivity index (χ0) is 22.4. The number of benzene rings is 4. The molecule has 0 heterocycles. The van der Waals surface area contributed by atoms with Gasteiger partial charge in [-0.25, -0.2) is 16.8 Å². The fourth-order valence-electron chi connectivity index (χ4n) is 3.21. The Bertz CT molecular complexity index is 1600. The van der Waals surface area contributed by atoms with Gasteiger partial charge in [-0.1, -0.05) is 36.4 Å². The first kappa shape index (κ1) is 20.9. The summed E-state index contributed by atoms with van der Waals surface area (Å²) < 4.78 is 68.3. The van der Waals surface area contributed by atoms with E-state index in [1.165, 1.54) is 36.4 Å². The van der Waals surface area contributed by atoms with Gasteiger partial charge in [-0.3, -0.25) is 0 Å². The van der Waals surface area contributed by atoms with Crippen LogP contribution in [0.5, 0.6) is 5.75 Å². The van der Waals surface area contributed by atoms with E-state index in [1.807, 2.05) is 0 Å². The third-order valence-corrected chi connectivity index (χ3v) is 6.34. The second-order valence-electron chi connectivity index (χ2n) is 6.55. The highest BCUT2D eigenvalue weighted by molar-refractivity contribution is 7.86. The fraction of sp³-hybridized carbons (Fsp3) is 0. The molecule has 0 fully saturated rings. The number of hydrogen-bond donors (Lipinski definition) is 1. The second-order valence-corrected chi connectivity index (χ2v) is 9.28. The van der Waals surface area contributed by atoms with Crippen molar-refractivity contribution >= 4 is 53.2 Å². The lowest BCUT2D eigenvalue weighted by molar-refractivity contribution is 0.461. The van der Waals surface area contributed by atoms with Crippen molar-refractivity contribution in [2.24, 2.45) is 10.2 Å². The molecule has 4 aromatic carbocycles. The summed E-state index contributed by atoms with van der Waals surface area (Å²) in [6, 6.07) is 15.0. The van der Waals surface area contributed by atoms with Crippen molar-refractivity contribution in [2.75, 3.05) is 0 Å². The zero-order valence-corrected chi connectivity index (χ0v) is 17.1. The van der Waals surface area contributed by atoms with E-state index < -0.39 is 25.1 Å². The number of phenolic OH excluding ortho intramolecular Hbond substituents is 1. The molecule has 0 atom stereocenters. The van der Waals surface area contributed by atoms with Crippen LogP contribution in [0, 0.1) is 0 Å². The summed E-state index contributed by atoms with van der Waals surface area (Å²) in [4.78, 5) is -0.810. The average molecular weight is 456 g/mol. The van der Waals surface area contributed by atoms with Gasteiger partial charge < -0.3 is 14.2 Å². The molecule has 0 aliphatic rings. The molecule has 0 aromatic heterocycles. The minimum atomic E-state index is -4.70. The van der Waals surface area contributed by atoms with Gasteiger partial charge in [0.2, 0.25) is 0 Å². The van der Waals surface area contributed by atoms with Crippen LogP contribution >= 0.6 is 0 Å². The van der Waals surface area contributed by atoms with Crippen molar-refractivity contribution < 1.29 is 31.0 Å². The Kier molecular flexibility index (Phi) is 4.98. The predicted octanol–water partition coefficient (Wildman–Crippen LogP) is 3.92. The summed E-state index contributed by atoms with van der Waals surface area (Å²) >= 11 is 0. The Morgan fingerprint density at radius 3 is 2.10 bits per heavy atom. The van der Waals surface area contributed by atoms with Gasteiger partial charge in [-0.05, 0) is 35.7 Å². The van der Waals surface area contributed by atoms with Gasteiger partial charge in [-0.2, -0.15) is 0 Å². The van der Waals surface area contributed by atoms with Crippen molar-refractivity contribution in [2.45, 2.75) is 9.79 Å². The van der Waals surface area contributed by atoms with Crippen molar-refractivity contribution in [3.05, 3.63) is 66.7 Å². The van der Waals surface area contributed by atoms with Crippen LogP contribution < -0.4 is 0 Å². The molecule has 0 aliphatic carbocycles. The fourth-order valence-corrected chi connectivity index (χ4v) is 4.39. The number of rotatable bonds is 4. The van der Waals surface area contributed by atoms with Crippen LogP contribution in [-0.4, -0.2) is 31.0 Å². The van der Waals surface area contributed by atoms with E-state index in [-0.39, 0.29) is 27.4 Å². The number of azo groups is 1. The lowest BCUT2D eigenvalue weighted by Gasteiger charge is -2.12. The van der Waals surface area contributed by atoms with Gasteiger partial charge in [0.15, 0.2) is 0 Å². The Balaban J connectivity index is 1.88. The summed E-state index contributed by atoms with van der Waals surface area (Å²) in [5, 5.41) is 19.6. The van der Waals surface area contributed by atoms with E-state index in [1.54, 1.807) is 18.2 Å². The monoisotopic (exact) mass is 456 g/mol. The maximum atomic E-state index is 11.5. The Labute approximate surface area is 176 Å². The van der Waals surface area contributed by atoms with Crippen LogP contribution in [0.3, 0.4) is 0 Å². The van der Waals surface area contributed by atoms with Crippen LogP contribution in [0.4, 0.5) is 11.4 Å². The molecule has 0 saturated carbocycles. The molecule has 11 heteroatoms. The number of hydrogen-bond acceptors (Lipinski definition) is 9.